The van der Waals surface area contributed by atoms with Gasteiger partial charge in [0, 0.05) is 25.8 Å². The molecule has 1 aliphatic heterocycles. The number of ether oxygens (including phenoxy) is 2. The molecule has 6 heteroatoms. The molecule has 1 aromatic carbocycles. The molecule has 0 saturated heterocycles. The van der Waals surface area contributed by atoms with Crippen molar-refractivity contribution < 1.29 is 24.2 Å². The molecule has 6 nitrogen and oxygen atoms in total. The van der Waals surface area contributed by atoms with Crippen LogP contribution in [0, 0.1) is 5.41 Å². The first kappa shape index (κ1) is 21.2. The molecule has 3 rings (SSSR count). The highest BCUT2D eigenvalue weighted by Crippen LogP contribution is 2.46. The fraction of sp³-hybridized carbons (Fsp3) is 0.565. The second kappa shape index (κ2) is 8.09. The van der Waals surface area contributed by atoms with Gasteiger partial charge in [-0.15, -0.1) is 0 Å². The average molecular weight is 402 g/mol. The van der Waals surface area contributed by atoms with Crippen LogP contribution in [0.3, 0.4) is 0 Å². The van der Waals surface area contributed by atoms with Crippen molar-refractivity contribution in [2.75, 3.05) is 20.8 Å². The van der Waals surface area contributed by atoms with Crippen LogP contribution in [0.2, 0.25) is 0 Å². The van der Waals surface area contributed by atoms with Crippen LogP contribution in [0.15, 0.2) is 23.5 Å². The molecule has 0 fully saturated rings. The number of Topliss-reactive ketones (excluding diaryl/α,β-unsaturated/α-hetero) is 1. The maximum Gasteiger partial charge on any atom is 0.223 e. The second-order valence-electron chi connectivity index (χ2n) is 8.70. The van der Waals surface area contributed by atoms with E-state index >= 15 is 0 Å². The summed E-state index contributed by atoms with van der Waals surface area (Å²) in [4.78, 5) is 27.8. The predicted molar refractivity (Wildman–Crippen MR) is 110 cm³/mol. The number of aliphatic hydroxyl groups is 1. The summed E-state index contributed by atoms with van der Waals surface area (Å²) in [6, 6.07) is 3.16. The van der Waals surface area contributed by atoms with Gasteiger partial charge in [0.15, 0.2) is 17.3 Å². The van der Waals surface area contributed by atoms with Gasteiger partial charge >= 0.3 is 0 Å². The van der Waals surface area contributed by atoms with Crippen molar-refractivity contribution in [1.82, 2.24) is 4.90 Å². The monoisotopic (exact) mass is 401 g/mol. The largest absolute Gasteiger partial charge is 0.512 e. The lowest BCUT2D eigenvalue weighted by Gasteiger charge is -2.41. The Balaban J connectivity index is 2.19. The molecule has 2 aliphatic rings. The molecule has 158 valence electrons. The Kier molecular flexibility index (Phi) is 5.92. The van der Waals surface area contributed by atoms with E-state index in [0.29, 0.717) is 49.3 Å². The SMILES string of the molecule is CCCC(=O)N1CCc2cc(OC)c(OC)cc2[C@H]1C1=C(O)CC(C)(C)CC1=O. The first-order valence-electron chi connectivity index (χ1n) is 10.2. The van der Waals surface area contributed by atoms with Crippen molar-refractivity contribution in [3.05, 3.63) is 34.6 Å². The lowest BCUT2D eigenvalue weighted by molar-refractivity contribution is -0.134. The summed E-state index contributed by atoms with van der Waals surface area (Å²) >= 11 is 0. The summed E-state index contributed by atoms with van der Waals surface area (Å²) < 4.78 is 10.9. The van der Waals surface area contributed by atoms with Crippen molar-refractivity contribution >= 4 is 11.7 Å². The van der Waals surface area contributed by atoms with Crippen LogP contribution in [-0.2, 0) is 16.0 Å². The summed E-state index contributed by atoms with van der Waals surface area (Å²) in [6.07, 6.45) is 2.57. The lowest BCUT2D eigenvalue weighted by atomic mass is 9.73. The van der Waals surface area contributed by atoms with Gasteiger partial charge < -0.3 is 19.5 Å². The molecule has 0 spiro atoms. The molecule has 1 aliphatic carbocycles. The first-order valence-corrected chi connectivity index (χ1v) is 10.2. The van der Waals surface area contributed by atoms with Gasteiger partial charge in [-0.1, -0.05) is 20.8 Å². The van der Waals surface area contributed by atoms with Crippen molar-refractivity contribution in [1.29, 1.82) is 0 Å². The van der Waals surface area contributed by atoms with E-state index in [1.807, 2.05) is 32.9 Å². The Bertz CT molecular complexity index is 855. The minimum absolute atomic E-state index is 0.00383. The number of allylic oxidation sites excluding steroid dienone is 1. The minimum atomic E-state index is -0.596. The fourth-order valence-corrected chi connectivity index (χ4v) is 4.50. The van der Waals surface area contributed by atoms with Crippen LogP contribution in [0.1, 0.15) is 63.6 Å². The van der Waals surface area contributed by atoms with Gasteiger partial charge in [0.05, 0.1) is 25.8 Å². The van der Waals surface area contributed by atoms with E-state index < -0.39 is 6.04 Å². The summed E-state index contributed by atoms with van der Waals surface area (Å²) in [6.45, 7) is 6.41. The standard InChI is InChI=1S/C23H31NO5/c1-6-7-20(27)24-9-8-14-10-18(28-4)19(29-5)11-15(14)22(24)21-16(25)12-23(2,3)13-17(21)26/h10-11,22,25H,6-9,12-13H2,1-5H3/t22-/m0/s1. The molecule has 1 aromatic rings. The summed E-state index contributed by atoms with van der Waals surface area (Å²) in [5.41, 5.74) is 1.89. The number of carbonyl (C=O) groups excluding carboxylic acids is 2. The highest BCUT2D eigenvalue weighted by atomic mass is 16.5. The van der Waals surface area contributed by atoms with E-state index in [2.05, 4.69) is 0 Å². The van der Waals surface area contributed by atoms with Gasteiger partial charge in [-0.25, -0.2) is 0 Å². The van der Waals surface area contributed by atoms with Gasteiger partial charge in [0.1, 0.15) is 5.76 Å². The van der Waals surface area contributed by atoms with Gasteiger partial charge in [-0.2, -0.15) is 0 Å². The zero-order chi connectivity index (χ0) is 21.3. The maximum atomic E-state index is 13.1. The summed E-state index contributed by atoms with van der Waals surface area (Å²) in [7, 11) is 3.15. The van der Waals surface area contributed by atoms with Crippen molar-refractivity contribution in [3.63, 3.8) is 0 Å². The Morgan fingerprint density at radius 3 is 2.45 bits per heavy atom. The average Bonchev–Trinajstić information content (AvgIpc) is 2.65. The molecular formula is C23H31NO5. The first-order chi connectivity index (χ1) is 13.7. The Hall–Kier alpha value is -2.50. The molecule has 1 heterocycles. The van der Waals surface area contributed by atoms with Gasteiger partial charge in [0.2, 0.25) is 5.91 Å². The normalized spacial score (nSPS) is 21.1. The van der Waals surface area contributed by atoms with E-state index in [-0.39, 0.29) is 22.9 Å². The zero-order valence-electron chi connectivity index (χ0n) is 18.0. The number of benzene rings is 1. The van der Waals surface area contributed by atoms with E-state index in [4.69, 9.17) is 9.47 Å². The van der Waals surface area contributed by atoms with E-state index in [0.717, 1.165) is 17.5 Å². The van der Waals surface area contributed by atoms with Crippen molar-refractivity contribution in [2.24, 2.45) is 5.41 Å². The Morgan fingerprint density at radius 1 is 1.21 bits per heavy atom. The molecule has 29 heavy (non-hydrogen) atoms. The van der Waals surface area contributed by atoms with Crippen LogP contribution in [0.5, 0.6) is 11.5 Å². The van der Waals surface area contributed by atoms with Gasteiger partial charge in [-0.05, 0) is 41.5 Å². The highest BCUT2D eigenvalue weighted by molar-refractivity contribution is 5.99. The zero-order valence-corrected chi connectivity index (χ0v) is 18.0. The minimum Gasteiger partial charge on any atom is -0.512 e. The molecule has 0 bridgehead atoms. The molecular weight excluding hydrogens is 370 g/mol. The Morgan fingerprint density at radius 2 is 1.86 bits per heavy atom. The summed E-state index contributed by atoms with van der Waals surface area (Å²) in [5.74, 6) is 1.15. The van der Waals surface area contributed by atoms with Gasteiger partial charge in [0.25, 0.3) is 0 Å². The molecule has 0 saturated carbocycles. The number of methoxy groups -OCH3 is 2. The number of nitrogens with zero attached hydrogens (tertiary/aromatic N) is 1. The predicted octanol–water partition coefficient (Wildman–Crippen LogP) is 4.13. The van der Waals surface area contributed by atoms with Crippen molar-refractivity contribution in [2.45, 2.75) is 58.9 Å². The molecule has 0 unspecified atom stereocenters. The highest BCUT2D eigenvalue weighted by Gasteiger charge is 2.42. The van der Waals surface area contributed by atoms with Crippen LogP contribution in [-0.4, -0.2) is 42.5 Å². The molecule has 0 aromatic heterocycles. The number of carbonyl (C=O) groups is 2. The maximum absolute atomic E-state index is 13.1. The lowest BCUT2D eigenvalue weighted by Crippen LogP contribution is -2.43. The van der Waals surface area contributed by atoms with Crippen LogP contribution >= 0.6 is 0 Å². The van der Waals surface area contributed by atoms with E-state index in [1.165, 1.54) is 0 Å². The Labute approximate surface area is 172 Å². The molecule has 1 N–H and O–H groups in total. The number of rotatable bonds is 5. The number of aliphatic hydroxyl groups excluding tert-OH is 1. The number of hydrogen-bond donors (Lipinski definition) is 1. The summed E-state index contributed by atoms with van der Waals surface area (Å²) in [5, 5.41) is 10.9. The third-order valence-corrected chi connectivity index (χ3v) is 5.83. The van der Waals surface area contributed by atoms with E-state index in [1.54, 1.807) is 19.1 Å². The smallest absolute Gasteiger partial charge is 0.223 e. The number of amides is 1. The van der Waals surface area contributed by atoms with Gasteiger partial charge in [-0.3, -0.25) is 9.59 Å². The van der Waals surface area contributed by atoms with Crippen molar-refractivity contribution in [3.8, 4) is 11.5 Å². The second-order valence-corrected chi connectivity index (χ2v) is 8.70. The quantitative estimate of drug-likeness (QED) is 0.803. The molecule has 1 amide bonds. The number of ketones is 1. The third-order valence-electron chi connectivity index (χ3n) is 5.83. The fourth-order valence-electron chi connectivity index (χ4n) is 4.50. The topological polar surface area (TPSA) is 76.1 Å². The van der Waals surface area contributed by atoms with E-state index in [9.17, 15) is 14.7 Å². The van der Waals surface area contributed by atoms with Crippen LogP contribution in [0.25, 0.3) is 0 Å². The van der Waals surface area contributed by atoms with Crippen LogP contribution in [0.4, 0.5) is 0 Å². The number of fused-ring (bicyclic) bond motifs is 1. The number of hydrogen-bond acceptors (Lipinski definition) is 5. The van der Waals surface area contributed by atoms with Crippen LogP contribution < -0.4 is 9.47 Å². The third kappa shape index (κ3) is 3.98. The molecule has 1 atom stereocenters. The molecule has 0 radical (unpaired) electrons.